The summed E-state index contributed by atoms with van der Waals surface area (Å²) in [4.78, 5) is 24.1. The van der Waals surface area contributed by atoms with Gasteiger partial charge in [0.2, 0.25) is 0 Å². The Morgan fingerprint density at radius 3 is 2.50 bits per heavy atom. The Morgan fingerprint density at radius 2 is 1.85 bits per heavy atom. The maximum Gasteiger partial charge on any atom is 0.273 e. The molecule has 6 N–H and O–H groups in total. The second-order valence-electron chi connectivity index (χ2n) is 5.75. The van der Waals surface area contributed by atoms with E-state index in [0.29, 0.717) is 6.42 Å². The Labute approximate surface area is 155 Å². The quantitative estimate of drug-likeness (QED) is 0.364. The zero-order valence-electron chi connectivity index (χ0n) is 14.4. The summed E-state index contributed by atoms with van der Waals surface area (Å²) in [7, 11) is 0. The molecule has 2 amide bonds. The molecule has 2 aromatic rings. The van der Waals surface area contributed by atoms with Crippen LogP contribution in [0.1, 0.15) is 23.7 Å². The maximum absolute atomic E-state index is 12.2. The normalized spacial score (nSPS) is 13.2. The number of phenolic OH excluding ortho intramolecular Hbond substituents is 1. The minimum Gasteiger partial charge on any atom is -0.507 e. The number of thioether (sulfide) groups is 1. The van der Waals surface area contributed by atoms with Gasteiger partial charge in [-0.1, -0.05) is 31.2 Å². The molecule has 1 unspecified atom stereocenters. The van der Waals surface area contributed by atoms with Crippen LogP contribution in [0.3, 0.4) is 0 Å². The number of benzene rings is 2. The molecule has 0 bridgehead atoms. The third-order valence-corrected chi connectivity index (χ3v) is 4.81. The number of phenols is 1. The van der Waals surface area contributed by atoms with E-state index in [9.17, 15) is 19.8 Å². The van der Waals surface area contributed by atoms with E-state index in [-0.39, 0.29) is 11.3 Å². The molecule has 0 radical (unpaired) electrons. The van der Waals surface area contributed by atoms with Crippen LogP contribution in [0, 0.1) is 0 Å². The van der Waals surface area contributed by atoms with E-state index in [0.717, 1.165) is 22.3 Å². The van der Waals surface area contributed by atoms with Crippen molar-refractivity contribution in [3.63, 3.8) is 0 Å². The van der Waals surface area contributed by atoms with Crippen molar-refractivity contribution in [3.05, 3.63) is 42.0 Å². The Balaban J connectivity index is 1.95. The van der Waals surface area contributed by atoms with Crippen molar-refractivity contribution in [1.82, 2.24) is 10.9 Å². The van der Waals surface area contributed by atoms with Crippen LogP contribution in [-0.4, -0.2) is 45.7 Å². The van der Waals surface area contributed by atoms with Crippen LogP contribution in [0.5, 0.6) is 5.75 Å². The van der Waals surface area contributed by atoms with Gasteiger partial charge >= 0.3 is 0 Å². The Hall–Kier alpha value is -2.29. The molecule has 2 rings (SSSR count). The molecule has 0 spiro atoms. The lowest BCUT2D eigenvalue weighted by molar-refractivity contribution is -0.131. The number of hydrazine groups is 1. The summed E-state index contributed by atoms with van der Waals surface area (Å²) >= 11 is 1.66. The highest BCUT2D eigenvalue weighted by Crippen LogP contribution is 2.24. The van der Waals surface area contributed by atoms with Gasteiger partial charge in [0, 0.05) is 6.04 Å². The smallest absolute Gasteiger partial charge is 0.273 e. The van der Waals surface area contributed by atoms with E-state index in [1.165, 1.54) is 12.1 Å². The van der Waals surface area contributed by atoms with Crippen molar-refractivity contribution in [1.29, 1.82) is 0 Å². The topological polar surface area (TPSA) is 125 Å². The summed E-state index contributed by atoms with van der Waals surface area (Å²) in [5.74, 6) is -0.0274. The molecular formula is C18H23N3O4S. The van der Waals surface area contributed by atoms with Crippen molar-refractivity contribution < 1.29 is 19.8 Å². The maximum atomic E-state index is 12.2. The molecule has 0 saturated carbocycles. The van der Waals surface area contributed by atoms with Crippen molar-refractivity contribution >= 4 is 34.3 Å². The molecule has 0 fully saturated rings. The van der Waals surface area contributed by atoms with E-state index in [1.54, 1.807) is 17.8 Å². The van der Waals surface area contributed by atoms with Gasteiger partial charge in [-0.15, -0.1) is 0 Å². The summed E-state index contributed by atoms with van der Waals surface area (Å²) in [6.45, 7) is 2.01. The van der Waals surface area contributed by atoms with Crippen LogP contribution in [0.15, 0.2) is 36.4 Å². The number of amides is 2. The van der Waals surface area contributed by atoms with Crippen LogP contribution in [0.4, 0.5) is 0 Å². The molecule has 0 aliphatic carbocycles. The molecule has 0 aliphatic heterocycles. The SMILES string of the molecule is CCSCC[C@@H](N)C(O)C(=O)NNC(=O)c1cc2ccccc2cc1O. The molecule has 2 atom stereocenters. The third kappa shape index (κ3) is 5.10. The predicted octanol–water partition coefficient (Wildman–Crippen LogP) is 1.14. The highest BCUT2D eigenvalue weighted by molar-refractivity contribution is 7.99. The van der Waals surface area contributed by atoms with Crippen LogP contribution in [-0.2, 0) is 4.79 Å². The molecule has 140 valence electrons. The fourth-order valence-corrected chi connectivity index (χ4v) is 3.11. The summed E-state index contributed by atoms with van der Waals surface area (Å²) < 4.78 is 0. The summed E-state index contributed by atoms with van der Waals surface area (Å²) in [6.07, 6.45) is -0.954. The fraction of sp³-hybridized carbons (Fsp3) is 0.333. The van der Waals surface area contributed by atoms with Crippen LogP contribution in [0.2, 0.25) is 0 Å². The van der Waals surface area contributed by atoms with Crippen LogP contribution >= 0.6 is 11.8 Å². The molecule has 2 aromatic carbocycles. The summed E-state index contributed by atoms with van der Waals surface area (Å²) in [5.41, 5.74) is 10.1. The van der Waals surface area contributed by atoms with Gasteiger partial charge in [0.1, 0.15) is 11.9 Å². The number of nitrogens with two attached hydrogens (primary N) is 1. The lowest BCUT2D eigenvalue weighted by atomic mass is 10.1. The first-order valence-electron chi connectivity index (χ1n) is 8.27. The molecule has 0 aromatic heterocycles. The number of nitrogens with one attached hydrogen (secondary N) is 2. The Kier molecular flexibility index (Phi) is 7.26. The Bertz CT molecular complexity index is 784. The van der Waals surface area contributed by atoms with E-state index < -0.39 is 24.0 Å². The summed E-state index contributed by atoms with van der Waals surface area (Å²) in [6, 6.07) is 9.54. The van der Waals surface area contributed by atoms with Gasteiger partial charge in [-0.2, -0.15) is 11.8 Å². The Morgan fingerprint density at radius 1 is 1.19 bits per heavy atom. The number of fused-ring (bicyclic) bond motifs is 1. The predicted molar refractivity (Wildman–Crippen MR) is 103 cm³/mol. The first-order valence-corrected chi connectivity index (χ1v) is 9.42. The first-order chi connectivity index (χ1) is 12.4. The number of aromatic hydroxyl groups is 1. The fourth-order valence-electron chi connectivity index (χ4n) is 2.39. The number of hydrogen-bond acceptors (Lipinski definition) is 6. The number of aliphatic hydroxyl groups is 1. The van der Waals surface area contributed by atoms with E-state index in [1.807, 2.05) is 25.1 Å². The third-order valence-electron chi connectivity index (χ3n) is 3.88. The molecule has 0 heterocycles. The highest BCUT2D eigenvalue weighted by atomic mass is 32.2. The van der Waals surface area contributed by atoms with Crippen LogP contribution < -0.4 is 16.6 Å². The summed E-state index contributed by atoms with van der Waals surface area (Å²) in [5, 5.41) is 21.5. The molecule has 7 nitrogen and oxygen atoms in total. The standard InChI is InChI=1S/C18H23N3O4S/c1-2-26-8-7-14(19)16(23)18(25)21-20-17(24)13-9-11-5-3-4-6-12(11)10-15(13)22/h3-6,9-10,14,16,22-23H,2,7-8,19H2,1H3,(H,20,24)(H,21,25)/t14-,16?/m1/s1. The van der Waals surface area contributed by atoms with E-state index in [4.69, 9.17) is 5.73 Å². The van der Waals surface area contributed by atoms with E-state index >= 15 is 0 Å². The number of hydrogen-bond donors (Lipinski definition) is 5. The molecule has 26 heavy (non-hydrogen) atoms. The van der Waals surface area contributed by atoms with Gasteiger partial charge in [0.05, 0.1) is 5.56 Å². The number of rotatable bonds is 7. The molecule has 0 saturated heterocycles. The minimum atomic E-state index is -1.43. The lowest BCUT2D eigenvalue weighted by Crippen LogP contribution is -2.52. The van der Waals surface area contributed by atoms with E-state index in [2.05, 4.69) is 10.9 Å². The average molecular weight is 377 g/mol. The largest absolute Gasteiger partial charge is 0.507 e. The van der Waals surface area contributed by atoms with Crippen molar-refractivity contribution in [2.75, 3.05) is 11.5 Å². The van der Waals surface area contributed by atoms with Gasteiger partial charge in [0.15, 0.2) is 0 Å². The molecular weight excluding hydrogens is 354 g/mol. The number of carbonyl (C=O) groups is 2. The van der Waals surface area contributed by atoms with Gasteiger partial charge < -0.3 is 15.9 Å². The van der Waals surface area contributed by atoms with Crippen molar-refractivity contribution in [3.8, 4) is 5.75 Å². The monoisotopic (exact) mass is 377 g/mol. The van der Waals surface area contributed by atoms with Crippen LogP contribution in [0.25, 0.3) is 10.8 Å². The second kappa shape index (κ2) is 9.42. The van der Waals surface area contributed by atoms with Gasteiger partial charge in [-0.05, 0) is 40.8 Å². The lowest BCUT2D eigenvalue weighted by Gasteiger charge is -2.18. The minimum absolute atomic E-state index is 0.0159. The number of aliphatic hydroxyl groups excluding tert-OH is 1. The highest BCUT2D eigenvalue weighted by Gasteiger charge is 2.23. The average Bonchev–Trinajstić information content (AvgIpc) is 2.64. The first kappa shape index (κ1) is 20.0. The second-order valence-corrected chi connectivity index (χ2v) is 7.15. The van der Waals surface area contributed by atoms with Gasteiger partial charge in [-0.25, -0.2) is 0 Å². The molecule has 8 heteroatoms. The number of carbonyl (C=O) groups excluding carboxylic acids is 2. The van der Waals surface area contributed by atoms with Gasteiger partial charge in [0.25, 0.3) is 11.8 Å². The molecule has 0 aliphatic rings. The van der Waals surface area contributed by atoms with Gasteiger partial charge in [-0.3, -0.25) is 20.4 Å². The zero-order valence-corrected chi connectivity index (χ0v) is 15.3. The van der Waals surface area contributed by atoms with Crippen molar-refractivity contribution in [2.24, 2.45) is 5.73 Å². The zero-order chi connectivity index (χ0) is 19.1. The van der Waals surface area contributed by atoms with Crippen molar-refractivity contribution in [2.45, 2.75) is 25.5 Å².